The Morgan fingerprint density at radius 2 is 2.20 bits per heavy atom. The molecule has 25 heavy (non-hydrogen) atoms. The fourth-order valence-electron chi connectivity index (χ4n) is 2.36. The Kier molecular flexibility index (Phi) is 4.44. The molecule has 0 radical (unpaired) electrons. The number of fused-ring (bicyclic) bond motifs is 1. The zero-order valence-electron chi connectivity index (χ0n) is 13.0. The Bertz CT molecular complexity index is 1010. The lowest BCUT2D eigenvalue weighted by Crippen LogP contribution is -2.20. The third-order valence-corrected chi connectivity index (χ3v) is 3.79. The summed E-state index contributed by atoms with van der Waals surface area (Å²) in [6, 6.07) is 9.65. The summed E-state index contributed by atoms with van der Waals surface area (Å²) in [6.45, 7) is 1.73. The van der Waals surface area contributed by atoms with E-state index in [1.54, 1.807) is 35.7 Å². The van der Waals surface area contributed by atoms with E-state index < -0.39 is 10.8 Å². The summed E-state index contributed by atoms with van der Waals surface area (Å²) in [5.41, 5.74) is 4.20. The van der Waals surface area contributed by atoms with Gasteiger partial charge in [0, 0.05) is 17.8 Å². The topological polar surface area (TPSA) is 102 Å². The van der Waals surface area contributed by atoms with Crippen LogP contribution in [-0.4, -0.2) is 26.4 Å². The number of nitro benzene ring substituents is 1. The SMILES string of the molecule is Cc1nc2ccccn2c1C(=O)N/N=C\c1ccc(Cl)c([N+](=O)[O-])c1. The van der Waals surface area contributed by atoms with Gasteiger partial charge in [-0.25, -0.2) is 10.4 Å². The molecule has 1 N–H and O–H groups in total. The fourth-order valence-corrected chi connectivity index (χ4v) is 2.54. The second kappa shape index (κ2) is 6.70. The molecule has 0 aliphatic rings. The zero-order chi connectivity index (χ0) is 18.0. The second-order valence-electron chi connectivity index (χ2n) is 5.14. The van der Waals surface area contributed by atoms with Crippen LogP contribution < -0.4 is 5.43 Å². The molecule has 3 aromatic rings. The number of hydrogen-bond acceptors (Lipinski definition) is 5. The molecule has 2 aromatic heterocycles. The molecule has 0 saturated heterocycles. The molecule has 0 atom stereocenters. The number of halogens is 1. The number of aryl methyl sites for hydroxylation is 1. The van der Waals surface area contributed by atoms with Crippen molar-refractivity contribution >= 4 is 35.1 Å². The number of rotatable bonds is 4. The number of imidazole rings is 1. The Hall–Kier alpha value is -3.26. The monoisotopic (exact) mass is 357 g/mol. The predicted molar refractivity (Wildman–Crippen MR) is 93.1 cm³/mol. The summed E-state index contributed by atoms with van der Waals surface area (Å²) in [7, 11) is 0. The van der Waals surface area contributed by atoms with Gasteiger partial charge in [0.2, 0.25) is 0 Å². The molecule has 1 amide bonds. The number of carbonyl (C=O) groups excluding carboxylic acids is 1. The van der Waals surface area contributed by atoms with Crippen molar-refractivity contribution in [2.45, 2.75) is 6.92 Å². The van der Waals surface area contributed by atoms with Gasteiger partial charge in [-0.15, -0.1) is 0 Å². The van der Waals surface area contributed by atoms with Crippen LogP contribution in [0.15, 0.2) is 47.7 Å². The van der Waals surface area contributed by atoms with Crippen LogP contribution in [0.1, 0.15) is 21.7 Å². The third kappa shape index (κ3) is 3.33. The van der Waals surface area contributed by atoms with Crippen molar-refractivity contribution in [2.75, 3.05) is 0 Å². The van der Waals surface area contributed by atoms with Gasteiger partial charge >= 0.3 is 0 Å². The molecular formula is C16H12ClN5O3. The van der Waals surface area contributed by atoms with Crippen molar-refractivity contribution < 1.29 is 9.72 Å². The summed E-state index contributed by atoms with van der Waals surface area (Å²) >= 11 is 5.75. The Balaban J connectivity index is 1.80. The van der Waals surface area contributed by atoms with Crippen LogP contribution in [0.4, 0.5) is 5.69 Å². The molecule has 0 unspecified atom stereocenters. The lowest BCUT2D eigenvalue weighted by atomic mass is 10.2. The number of hydrogen-bond donors (Lipinski definition) is 1. The largest absolute Gasteiger partial charge is 0.295 e. The molecule has 9 heteroatoms. The van der Waals surface area contributed by atoms with E-state index >= 15 is 0 Å². The van der Waals surface area contributed by atoms with Crippen molar-refractivity contribution in [3.63, 3.8) is 0 Å². The van der Waals surface area contributed by atoms with Crippen molar-refractivity contribution in [1.82, 2.24) is 14.8 Å². The first kappa shape index (κ1) is 16.6. The highest BCUT2D eigenvalue weighted by molar-refractivity contribution is 6.32. The maximum absolute atomic E-state index is 12.3. The standard InChI is InChI=1S/C16H12ClN5O3/c1-10-15(21-7-3-2-4-14(21)19-10)16(23)20-18-9-11-5-6-12(17)13(8-11)22(24)25/h2-9H,1H3,(H,20,23)/b18-9-. The first-order valence-electron chi connectivity index (χ1n) is 7.18. The normalized spacial score (nSPS) is 11.1. The van der Waals surface area contributed by atoms with Gasteiger partial charge in [-0.3, -0.25) is 19.3 Å². The Labute approximate surface area is 146 Å². The van der Waals surface area contributed by atoms with Crippen molar-refractivity contribution in [1.29, 1.82) is 0 Å². The van der Waals surface area contributed by atoms with Gasteiger partial charge in [-0.2, -0.15) is 5.10 Å². The zero-order valence-corrected chi connectivity index (χ0v) is 13.8. The average molecular weight is 358 g/mol. The number of benzene rings is 1. The van der Waals surface area contributed by atoms with Crippen molar-refractivity contribution in [2.24, 2.45) is 5.10 Å². The van der Waals surface area contributed by atoms with Crippen LogP contribution in [0.2, 0.25) is 5.02 Å². The molecule has 126 valence electrons. The average Bonchev–Trinajstić information content (AvgIpc) is 2.91. The van der Waals surface area contributed by atoms with Crippen molar-refractivity contribution in [3.8, 4) is 0 Å². The first-order valence-corrected chi connectivity index (χ1v) is 7.56. The smallest absolute Gasteiger partial charge is 0.290 e. The van der Waals surface area contributed by atoms with Crippen LogP contribution in [-0.2, 0) is 0 Å². The van der Waals surface area contributed by atoms with E-state index in [4.69, 9.17) is 11.6 Å². The minimum Gasteiger partial charge on any atom is -0.295 e. The van der Waals surface area contributed by atoms with Gasteiger partial charge in [-0.05, 0) is 25.1 Å². The van der Waals surface area contributed by atoms with E-state index in [0.717, 1.165) is 0 Å². The number of nitrogens with zero attached hydrogens (tertiary/aromatic N) is 4. The number of amides is 1. The van der Waals surface area contributed by atoms with Crippen LogP contribution in [0, 0.1) is 17.0 Å². The van der Waals surface area contributed by atoms with Gasteiger partial charge < -0.3 is 0 Å². The lowest BCUT2D eigenvalue weighted by molar-refractivity contribution is -0.384. The molecule has 3 rings (SSSR count). The molecule has 0 bridgehead atoms. The minimum atomic E-state index is -0.583. The Morgan fingerprint density at radius 1 is 1.40 bits per heavy atom. The van der Waals surface area contributed by atoms with Crippen LogP contribution in [0.5, 0.6) is 0 Å². The number of nitro groups is 1. The summed E-state index contributed by atoms with van der Waals surface area (Å²) in [6.07, 6.45) is 3.04. The third-order valence-electron chi connectivity index (χ3n) is 3.47. The molecular weight excluding hydrogens is 346 g/mol. The van der Waals surface area contributed by atoms with E-state index in [1.165, 1.54) is 18.3 Å². The molecule has 0 aliphatic carbocycles. The molecule has 0 aliphatic heterocycles. The Morgan fingerprint density at radius 3 is 2.96 bits per heavy atom. The van der Waals surface area contributed by atoms with E-state index in [-0.39, 0.29) is 10.7 Å². The number of carbonyl (C=O) groups is 1. The predicted octanol–water partition coefficient (Wildman–Crippen LogP) is 2.97. The van der Waals surface area contributed by atoms with Crippen molar-refractivity contribution in [3.05, 3.63) is 74.7 Å². The highest BCUT2D eigenvalue weighted by Gasteiger charge is 2.16. The lowest BCUT2D eigenvalue weighted by Gasteiger charge is -2.01. The number of pyridine rings is 1. The maximum Gasteiger partial charge on any atom is 0.290 e. The summed E-state index contributed by atoms with van der Waals surface area (Å²) < 4.78 is 1.66. The number of nitrogens with one attached hydrogen (secondary N) is 1. The summed E-state index contributed by atoms with van der Waals surface area (Å²) in [5, 5.41) is 14.7. The minimum absolute atomic E-state index is 0.0348. The molecule has 0 spiro atoms. The molecule has 8 nitrogen and oxygen atoms in total. The summed E-state index contributed by atoms with van der Waals surface area (Å²) in [5.74, 6) is -0.434. The van der Waals surface area contributed by atoms with E-state index in [9.17, 15) is 14.9 Å². The number of hydrazone groups is 1. The second-order valence-corrected chi connectivity index (χ2v) is 5.55. The van der Waals surface area contributed by atoms with Gasteiger partial charge in [0.15, 0.2) is 0 Å². The van der Waals surface area contributed by atoms with Crippen LogP contribution >= 0.6 is 11.6 Å². The molecule has 2 heterocycles. The number of aromatic nitrogens is 2. The summed E-state index contributed by atoms with van der Waals surface area (Å²) in [4.78, 5) is 26.9. The van der Waals surface area contributed by atoms with Gasteiger partial charge in [0.1, 0.15) is 16.4 Å². The van der Waals surface area contributed by atoms with E-state index in [2.05, 4.69) is 15.5 Å². The highest BCUT2D eigenvalue weighted by atomic mass is 35.5. The highest BCUT2D eigenvalue weighted by Crippen LogP contribution is 2.24. The van der Waals surface area contributed by atoms with E-state index in [1.807, 2.05) is 6.07 Å². The van der Waals surface area contributed by atoms with Crippen LogP contribution in [0.3, 0.4) is 0 Å². The van der Waals surface area contributed by atoms with Crippen LogP contribution in [0.25, 0.3) is 5.65 Å². The van der Waals surface area contributed by atoms with Gasteiger partial charge in [0.05, 0.1) is 16.8 Å². The van der Waals surface area contributed by atoms with E-state index in [0.29, 0.717) is 22.6 Å². The molecule has 1 aromatic carbocycles. The fraction of sp³-hybridized carbons (Fsp3) is 0.0625. The van der Waals surface area contributed by atoms with Gasteiger partial charge in [0.25, 0.3) is 11.6 Å². The molecule has 0 fully saturated rings. The first-order chi connectivity index (χ1) is 12.0. The quantitative estimate of drug-likeness (QED) is 0.440. The van der Waals surface area contributed by atoms with Gasteiger partial charge in [-0.1, -0.05) is 23.7 Å². The maximum atomic E-state index is 12.3. The molecule has 0 saturated carbocycles.